The lowest BCUT2D eigenvalue weighted by Gasteiger charge is -2.64. The number of aliphatic hydroxyl groups is 1. The molecule has 0 radical (unpaired) electrons. The van der Waals surface area contributed by atoms with E-state index in [1.54, 1.807) is 6.08 Å². The molecule has 0 aromatic heterocycles. The summed E-state index contributed by atoms with van der Waals surface area (Å²) in [6, 6.07) is 0. The van der Waals surface area contributed by atoms with Crippen molar-refractivity contribution in [3.8, 4) is 0 Å². The predicted octanol–water partition coefficient (Wildman–Crippen LogP) is 5.01. The molecular weight excluding hydrogens is 475 g/mol. The standard InChI is InChI=1S/C27H36Cl2O5/c1-5-6-7-23(33)34-14-21(31)24-15(2)10-17-18-12-20(28)19-11-16(30)8-9-26(19,4)27(18,29)22(32)13-25(17,24)3/h8-9,11,15,17-18,20,22,24,32H,5-7,10,12-14H2,1-4H3/t15-,17+,18+,20+,22+,24-,25+,26+,27+/m1/s1. The van der Waals surface area contributed by atoms with E-state index in [4.69, 9.17) is 27.9 Å². The zero-order valence-electron chi connectivity index (χ0n) is 20.5. The Morgan fingerprint density at radius 2 is 1.94 bits per heavy atom. The number of unbranched alkanes of at least 4 members (excludes halogenated alkanes) is 1. The summed E-state index contributed by atoms with van der Waals surface area (Å²) in [4.78, 5) is 36.4. The van der Waals surface area contributed by atoms with Crippen LogP contribution in [0.25, 0.3) is 0 Å². The predicted molar refractivity (Wildman–Crippen MR) is 132 cm³/mol. The smallest absolute Gasteiger partial charge is 0.306 e. The van der Waals surface area contributed by atoms with Gasteiger partial charge in [0.05, 0.1) is 16.4 Å². The van der Waals surface area contributed by atoms with Crippen LogP contribution in [0.2, 0.25) is 0 Å². The van der Waals surface area contributed by atoms with Gasteiger partial charge in [0.1, 0.15) is 6.61 Å². The molecule has 3 saturated carbocycles. The zero-order chi connectivity index (χ0) is 25.1. The van der Waals surface area contributed by atoms with E-state index >= 15 is 0 Å². The molecule has 0 aromatic rings. The maximum absolute atomic E-state index is 13.4. The number of carbonyl (C=O) groups excluding carboxylic acids is 3. The molecule has 5 nitrogen and oxygen atoms in total. The number of esters is 1. The normalized spacial score (nSPS) is 45.1. The maximum Gasteiger partial charge on any atom is 0.306 e. The van der Waals surface area contributed by atoms with Gasteiger partial charge in [0, 0.05) is 17.8 Å². The lowest BCUT2D eigenvalue weighted by Crippen LogP contribution is -2.67. The Balaban J connectivity index is 1.63. The summed E-state index contributed by atoms with van der Waals surface area (Å²) >= 11 is 14.3. The molecule has 3 fully saturated rings. The first-order valence-corrected chi connectivity index (χ1v) is 13.4. The molecule has 0 amide bonds. The van der Waals surface area contributed by atoms with Crippen molar-refractivity contribution in [2.75, 3.05) is 6.61 Å². The van der Waals surface area contributed by atoms with Crippen molar-refractivity contribution in [3.63, 3.8) is 0 Å². The van der Waals surface area contributed by atoms with Crippen LogP contribution in [0, 0.1) is 34.5 Å². The van der Waals surface area contributed by atoms with Crippen molar-refractivity contribution in [3.05, 3.63) is 23.8 Å². The van der Waals surface area contributed by atoms with Gasteiger partial charge in [-0.1, -0.05) is 40.2 Å². The molecule has 0 heterocycles. The van der Waals surface area contributed by atoms with Gasteiger partial charge in [0.15, 0.2) is 11.6 Å². The minimum Gasteiger partial charge on any atom is -0.458 e. The number of hydrogen-bond donors (Lipinski definition) is 1. The molecule has 0 saturated heterocycles. The van der Waals surface area contributed by atoms with Crippen LogP contribution in [-0.4, -0.2) is 45.6 Å². The molecule has 7 heteroatoms. The van der Waals surface area contributed by atoms with E-state index in [-0.39, 0.29) is 53.2 Å². The number of rotatable bonds is 6. The highest BCUT2D eigenvalue weighted by Gasteiger charge is 2.71. The zero-order valence-corrected chi connectivity index (χ0v) is 22.0. The van der Waals surface area contributed by atoms with Crippen molar-refractivity contribution >= 4 is 40.7 Å². The highest BCUT2D eigenvalue weighted by molar-refractivity contribution is 6.28. The molecule has 4 aliphatic carbocycles. The number of Topliss-reactive ketones (excluding diaryl/α,β-unsaturated/α-hetero) is 1. The van der Waals surface area contributed by atoms with Crippen molar-refractivity contribution in [1.82, 2.24) is 0 Å². The van der Waals surface area contributed by atoms with Crippen LogP contribution in [0.3, 0.4) is 0 Å². The fourth-order valence-corrected chi connectivity index (χ4v) is 8.86. The van der Waals surface area contributed by atoms with Crippen molar-refractivity contribution in [2.45, 2.75) is 82.6 Å². The Kier molecular flexibility index (Phi) is 6.89. The van der Waals surface area contributed by atoms with Crippen LogP contribution in [0.15, 0.2) is 23.8 Å². The highest BCUT2D eigenvalue weighted by Crippen LogP contribution is 2.71. The summed E-state index contributed by atoms with van der Waals surface area (Å²) in [5.41, 5.74) is -0.455. The van der Waals surface area contributed by atoms with Gasteiger partial charge in [-0.3, -0.25) is 14.4 Å². The van der Waals surface area contributed by atoms with E-state index in [0.29, 0.717) is 19.3 Å². The Labute approximate surface area is 212 Å². The second-order valence-electron chi connectivity index (χ2n) is 11.4. The third-order valence-corrected chi connectivity index (χ3v) is 10.8. The summed E-state index contributed by atoms with van der Waals surface area (Å²) in [5, 5.41) is 11.2. The topological polar surface area (TPSA) is 80.7 Å². The van der Waals surface area contributed by atoms with E-state index in [1.807, 2.05) is 19.9 Å². The minimum absolute atomic E-state index is 0.0741. The van der Waals surface area contributed by atoms with Crippen molar-refractivity contribution < 1.29 is 24.2 Å². The second kappa shape index (κ2) is 9.05. The van der Waals surface area contributed by atoms with Crippen molar-refractivity contribution in [2.24, 2.45) is 34.5 Å². The third kappa shape index (κ3) is 3.72. The SMILES string of the molecule is CCCCC(=O)OCC(=O)[C@H]1[C@H](C)C[C@H]2[C@@H]3C[C@H](Cl)C4=CC(=O)C=C[C@]4(C)[C@@]3(Cl)[C@@H](O)C[C@@]21C. The minimum atomic E-state index is -1.02. The Morgan fingerprint density at radius 3 is 2.62 bits per heavy atom. The van der Waals surface area contributed by atoms with E-state index in [0.717, 1.165) is 24.8 Å². The first-order valence-electron chi connectivity index (χ1n) is 12.5. The van der Waals surface area contributed by atoms with Gasteiger partial charge in [-0.15, -0.1) is 23.2 Å². The Morgan fingerprint density at radius 1 is 1.24 bits per heavy atom. The molecule has 0 aromatic carbocycles. The summed E-state index contributed by atoms with van der Waals surface area (Å²) in [6.45, 7) is 7.90. The molecule has 9 atom stereocenters. The Hall–Kier alpha value is -1.17. The highest BCUT2D eigenvalue weighted by atomic mass is 35.5. The molecule has 34 heavy (non-hydrogen) atoms. The number of fused-ring (bicyclic) bond motifs is 5. The van der Waals surface area contributed by atoms with Gasteiger partial charge in [-0.2, -0.15) is 0 Å². The summed E-state index contributed by atoms with van der Waals surface area (Å²) < 4.78 is 5.31. The summed E-state index contributed by atoms with van der Waals surface area (Å²) in [6.07, 6.45) is 7.71. The lowest BCUT2D eigenvalue weighted by atomic mass is 9.46. The lowest BCUT2D eigenvalue weighted by molar-refractivity contribution is -0.153. The molecule has 1 N–H and O–H groups in total. The summed E-state index contributed by atoms with van der Waals surface area (Å²) in [5.74, 6) is -0.824. The Bertz CT molecular complexity index is 943. The fraction of sp³-hybridized carbons (Fsp3) is 0.741. The number of ether oxygens (including phenoxy) is 1. The fourth-order valence-electron chi connectivity index (χ4n) is 7.89. The van der Waals surface area contributed by atoms with Gasteiger partial charge in [-0.05, 0) is 66.6 Å². The van der Waals surface area contributed by atoms with Gasteiger partial charge in [0.2, 0.25) is 0 Å². The maximum atomic E-state index is 13.4. The van der Waals surface area contributed by atoms with Gasteiger partial charge < -0.3 is 9.84 Å². The third-order valence-electron chi connectivity index (χ3n) is 9.43. The summed E-state index contributed by atoms with van der Waals surface area (Å²) in [7, 11) is 0. The van der Waals surface area contributed by atoms with Crippen LogP contribution < -0.4 is 0 Å². The van der Waals surface area contributed by atoms with Gasteiger partial charge in [-0.25, -0.2) is 0 Å². The average Bonchev–Trinajstić information content (AvgIpc) is 3.03. The molecule has 0 spiro atoms. The van der Waals surface area contributed by atoms with E-state index in [1.165, 1.54) is 6.08 Å². The van der Waals surface area contributed by atoms with E-state index < -0.39 is 21.8 Å². The monoisotopic (exact) mass is 510 g/mol. The molecule has 0 unspecified atom stereocenters. The molecule has 0 aliphatic heterocycles. The number of carbonyl (C=O) groups is 3. The molecule has 0 bridgehead atoms. The molecule has 188 valence electrons. The average molecular weight is 511 g/mol. The van der Waals surface area contributed by atoms with Crippen LogP contribution >= 0.6 is 23.2 Å². The van der Waals surface area contributed by atoms with Crippen LogP contribution in [0.1, 0.15) is 66.2 Å². The number of allylic oxidation sites excluding steroid dienone is 4. The van der Waals surface area contributed by atoms with Crippen LogP contribution in [0.4, 0.5) is 0 Å². The first-order chi connectivity index (χ1) is 15.9. The number of hydrogen-bond acceptors (Lipinski definition) is 5. The molecule has 4 aliphatic rings. The first kappa shape index (κ1) is 25.9. The largest absolute Gasteiger partial charge is 0.458 e. The van der Waals surface area contributed by atoms with E-state index in [2.05, 4.69) is 13.8 Å². The van der Waals surface area contributed by atoms with Crippen molar-refractivity contribution in [1.29, 1.82) is 0 Å². The van der Waals surface area contributed by atoms with Crippen LogP contribution in [0.5, 0.6) is 0 Å². The number of aliphatic hydroxyl groups excluding tert-OH is 1. The van der Waals surface area contributed by atoms with Crippen LogP contribution in [-0.2, 0) is 19.1 Å². The van der Waals surface area contributed by atoms with Gasteiger partial charge in [0.25, 0.3) is 0 Å². The quantitative estimate of drug-likeness (QED) is 0.401. The molecule has 4 rings (SSSR count). The number of halogens is 2. The number of ketones is 2. The number of alkyl halides is 2. The van der Waals surface area contributed by atoms with Gasteiger partial charge >= 0.3 is 5.97 Å². The second-order valence-corrected chi connectivity index (χ2v) is 12.5. The van der Waals surface area contributed by atoms with E-state index in [9.17, 15) is 19.5 Å². The molecular formula is C27H36Cl2O5.